The lowest BCUT2D eigenvalue weighted by molar-refractivity contribution is -0.117. The molecule has 0 saturated carbocycles. The number of hydrogen-bond donors (Lipinski definition) is 1. The monoisotopic (exact) mass is 384 g/mol. The van der Waals surface area contributed by atoms with Crippen molar-refractivity contribution in [2.45, 2.75) is 13.3 Å². The molecule has 4 nitrogen and oxygen atoms in total. The van der Waals surface area contributed by atoms with E-state index in [2.05, 4.69) is 5.32 Å². The van der Waals surface area contributed by atoms with Crippen molar-refractivity contribution >= 4 is 58.0 Å². The lowest BCUT2D eigenvalue weighted by Gasteiger charge is -2.21. The molecule has 0 saturated heterocycles. The van der Waals surface area contributed by atoms with Crippen LogP contribution in [0.2, 0.25) is 15.1 Å². The number of carbonyl (C=O) groups excluding carboxylic acids is 2. The molecule has 0 aromatic heterocycles. The second-order valence-corrected chi connectivity index (χ2v) is 6.35. The number of hydrogen-bond acceptors (Lipinski definition) is 2. The van der Waals surface area contributed by atoms with E-state index >= 15 is 0 Å². The highest BCUT2D eigenvalue weighted by atomic mass is 35.5. The number of amides is 2. The molecule has 126 valence electrons. The molecule has 0 unspecified atom stereocenters. The van der Waals surface area contributed by atoms with Crippen molar-refractivity contribution < 1.29 is 9.59 Å². The summed E-state index contributed by atoms with van der Waals surface area (Å²) in [6.07, 6.45) is 0.116. The van der Waals surface area contributed by atoms with Crippen molar-refractivity contribution in [2.24, 2.45) is 0 Å². The third-order valence-electron chi connectivity index (χ3n) is 3.27. The number of rotatable bonds is 5. The van der Waals surface area contributed by atoms with Gasteiger partial charge < -0.3 is 10.2 Å². The molecule has 0 aliphatic rings. The summed E-state index contributed by atoms with van der Waals surface area (Å²) in [6.45, 7) is 1.67. The Morgan fingerprint density at radius 3 is 2.38 bits per heavy atom. The molecule has 24 heavy (non-hydrogen) atoms. The predicted molar refractivity (Wildman–Crippen MR) is 99.2 cm³/mol. The molecule has 0 radical (unpaired) electrons. The van der Waals surface area contributed by atoms with Crippen LogP contribution in [0.1, 0.15) is 13.3 Å². The number of anilines is 2. The van der Waals surface area contributed by atoms with Gasteiger partial charge in [-0.3, -0.25) is 9.59 Å². The number of nitrogens with one attached hydrogen (secondary N) is 1. The highest BCUT2D eigenvalue weighted by Gasteiger charge is 2.14. The molecule has 2 rings (SSSR count). The van der Waals surface area contributed by atoms with E-state index in [1.165, 1.54) is 11.8 Å². The second-order valence-electron chi connectivity index (χ2n) is 5.07. The minimum atomic E-state index is -0.257. The SMILES string of the molecule is CC(=O)N(CCC(=O)Nc1ccc(Cl)cc1Cl)c1cccc(Cl)c1. The maximum absolute atomic E-state index is 12.1. The Hall–Kier alpha value is -1.75. The summed E-state index contributed by atoms with van der Waals surface area (Å²) in [5.41, 5.74) is 1.12. The minimum Gasteiger partial charge on any atom is -0.325 e. The standard InChI is InChI=1S/C17H15Cl3N2O2/c1-11(23)22(14-4-2-3-12(18)9-14)8-7-17(24)21-16-6-5-13(19)10-15(16)20/h2-6,9-10H,7-8H2,1H3,(H,21,24). The van der Waals surface area contributed by atoms with Gasteiger partial charge in [-0.2, -0.15) is 0 Å². The Morgan fingerprint density at radius 1 is 1.04 bits per heavy atom. The van der Waals surface area contributed by atoms with E-state index in [9.17, 15) is 9.59 Å². The van der Waals surface area contributed by atoms with Crippen molar-refractivity contribution in [1.29, 1.82) is 0 Å². The zero-order valence-electron chi connectivity index (χ0n) is 12.9. The van der Waals surface area contributed by atoms with Gasteiger partial charge in [0.1, 0.15) is 0 Å². The topological polar surface area (TPSA) is 49.4 Å². The zero-order valence-corrected chi connectivity index (χ0v) is 15.1. The van der Waals surface area contributed by atoms with E-state index < -0.39 is 0 Å². The molecular weight excluding hydrogens is 371 g/mol. The highest BCUT2D eigenvalue weighted by molar-refractivity contribution is 6.36. The summed E-state index contributed by atoms with van der Waals surface area (Å²) in [5, 5.41) is 4.07. The molecule has 2 aromatic carbocycles. The fourth-order valence-corrected chi connectivity index (χ4v) is 2.77. The number of benzene rings is 2. The molecule has 0 fully saturated rings. The van der Waals surface area contributed by atoms with E-state index in [1.807, 2.05) is 0 Å². The fraction of sp³-hybridized carbons (Fsp3) is 0.176. The van der Waals surface area contributed by atoms with Crippen molar-refractivity contribution in [3.05, 3.63) is 57.5 Å². The first kappa shape index (κ1) is 18.6. The zero-order chi connectivity index (χ0) is 17.7. The third kappa shape index (κ3) is 5.13. The lowest BCUT2D eigenvalue weighted by atomic mass is 10.2. The molecule has 0 bridgehead atoms. The summed E-state index contributed by atoms with van der Waals surface area (Å²) in [5.74, 6) is -0.429. The van der Waals surface area contributed by atoms with Crippen LogP contribution >= 0.6 is 34.8 Å². The van der Waals surface area contributed by atoms with Crippen LogP contribution in [0.3, 0.4) is 0 Å². The fourth-order valence-electron chi connectivity index (χ4n) is 2.13. The van der Waals surface area contributed by atoms with E-state index in [0.717, 1.165) is 0 Å². The van der Waals surface area contributed by atoms with Crippen LogP contribution in [0, 0.1) is 0 Å². The maximum atomic E-state index is 12.1. The van der Waals surface area contributed by atoms with Gasteiger partial charge in [-0.05, 0) is 36.4 Å². The molecule has 2 aromatic rings. The van der Waals surface area contributed by atoms with Gasteiger partial charge in [0.25, 0.3) is 0 Å². The first-order valence-corrected chi connectivity index (χ1v) is 8.29. The van der Waals surface area contributed by atoms with Crippen molar-refractivity contribution in [2.75, 3.05) is 16.8 Å². The normalized spacial score (nSPS) is 10.3. The third-order valence-corrected chi connectivity index (χ3v) is 4.05. The number of carbonyl (C=O) groups is 2. The average Bonchev–Trinajstić information content (AvgIpc) is 2.50. The van der Waals surface area contributed by atoms with E-state index in [4.69, 9.17) is 34.8 Å². The van der Waals surface area contributed by atoms with Gasteiger partial charge in [-0.1, -0.05) is 40.9 Å². The van der Waals surface area contributed by atoms with Crippen molar-refractivity contribution in [1.82, 2.24) is 0 Å². The van der Waals surface area contributed by atoms with Gasteiger partial charge in [0, 0.05) is 35.6 Å². The quantitative estimate of drug-likeness (QED) is 0.785. The summed E-state index contributed by atoms with van der Waals surface area (Å²) < 4.78 is 0. The lowest BCUT2D eigenvalue weighted by Crippen LogP contribution is -2.31. The highest BCUT2D eigenvalue weighted by Crippen LogP contribution is 2.25. The second kappa shape index (κ2) is 8.38. The molecule has 0 spiro atoms. The van der Waals surface area contributed by atoms with Gasteiger partial charge in [-0.15, -0.1) is 0 Å². The van der Waals surface area contributed by atoms with Crippen LogP contribution < -0.4 is 10.2 Å². The average molecular weight is 386 g/mol. The Kier molecular flexibility index (Phi) is 6.49. The molecule has 0 atom stereocenters. The summed E-state index contributed by atoms with van der Waals surface area (Å²) in [7, 11) is 0. The van der Waals surface area contributed by atoms with Crippen molar-refractivity contribution in [3.8, 4) is 0 Å². The van der Waals surface area contributed by atoms with Gasteiger partial charge in [0.05, 0.1) is 10.7 Å². The molecule has 0 aliphatic carbocycles. The van der Waals surface area contributed by atoms with Gasteiger partial charge >= 0.3 is 0 Å². The summed E-state index contributed by atoms with van der Waals surface area (Å²) in [6, 6.07) is 11.7. The first-order valence-electron chi connectivity index (χ1n) is 7.15. The van der Waals surface area contributed by atoms with Gasteiger partial charge in [0.2, 0.25) is 11.8 Å². The van der Waals surface area contributed by atoms with Crippen LogP contribution in [0.5, 0.6) is 0 Å². The number of nitrogens with zero attached hydrogens (tertiary/aromatic N) is 1. The Balaban J connectivity index is 2.01. The molecule has 0 heterocycles. The van der Waals surface area contributed by atoms with Crippen LogP contribution in [-0.2, 0) is 9.59 Å². The van der Waals surface area contributed by atoms with Crippen LogP contribution in [-0.4, -0.2) is 18.4 Å². The largest absolute Gasteiger partial charge is 0.325 e. The Morgan fingerprint density at radius 2 is 1.75 bits per heavy atom. The van der Waals surface area contributed by atoms with E-state index in [-0.39, 0.29) is 24.8 Å². The predicted octanol–water partition coefficient (Wildman–Crippen LogP) is 5.03. The Labute approximate surface area is 155 Å². The van der Waals surface area contributed by atoms with Crippen LogP contribution in [0.25, 0.3) is 0 Å². The minimum absolute atomic E-state index is 0.116. The van der Waals surface area contributed by atoms with Gasteiger partial charge in [0.15, 0.2) is 0 Å². The van der Waals surface area contributed by atoms with Crippen LogP contribution in [0.15, 0.2) is 42.5 Å². The molecule has 7 heteroatoms. The van der Waals surface area contributed by atoms with Gasteiger partial charge in [-0.25, -0.2) is 0 Å². The van der Waals surface area contributed by atoms with E-state index in [0.29, 0.717) is 26.4 Å². The van der Waals surface area contributed by atoms with Crippen molar-refractivity contribution in [3.63, 3.8) is 0 Å². The summed E-state index contributed by atoms with van der Waals surface area (Å²) in [4.78, 5) is 25.4. The molecule has 2 amide bonds. The molecular formula is C17H15Cl3N2O2. The first-order chi connectivity index (χ1) is 11.4. The van der Waals surface area contributed by atoms with E-state index in [1.54, 1.807) is 42.5 Å². The smallest absolute Gasteiger partial charge is 0.226 e. The molecule has 0 aliphatic heterocycles. The van der Waals surface area contributed by atoms with Crippen LogP contribution in [0.4, 0.5) is 11.4 Å². The Bertz CT molecular complexity index is 765. The summed E-state index contributed by atoms with van der Waals surface area (Å²) >= 11 is 17.8. The molecule has 1 N–H and O–H groups in total. The maximum Gasteiger partial charge on any atom is 0.226 e. The number of halogens is 3.